The van der Waals surface area contributed by atoms with Gasteiger partial charge in [-0.15, -0.1) is 0 Å². The molecule has 0 radical (unpaired) electrons. The number of methoxy groups -OCH3 is 1. The number of ether oxygens (including phenoxy) is 3. The molecule has 0 bridgehead atoms. The Bertz CT molecular complexity index is 1070. The molecule has 32 heavy (non-hydrogen) atoms. The standard InChI is InChI=1S/C23H29NO8/c1-11-15(30-22-17(26)16(25)19(29-4)23(2,3)32-22)9-8-13-10-14(21(28)31-18(11)13)24-20(27)12-6-5-7-12/h8-10,12,16-17,19,22,25-26H,5-7H2,1-4H3,(H,24,27)/t16-,17+,19+,22+/m0/s1. The molecule has 9 heteroatoms. The van der Waals surface area contributed by atoms with Crippen LogP contribution in [0.15, 0.2) is 27.4 Å². The summed E-state index contributed by atoms with van der Waals surface area (Å²) in [6.45, 7) is 5.18. The van der Waals surface area contributed by atoms with Gasteiger partial charge in [0.1, 0.15) is 35.3 Å². The third kappa shape index (κ3) is 4.01. The highest BCUT2D eigenvalue weighted by Crippen LogP contribution is 2.35. The van der Waals surface area contributed by atoms with Crippen LogP contribution in [-0.4, -0.2) is 53.4 Å². The second-order valence-corrected chi connectivity index (χ2v) is 9.02. The van der Waals surface area contributed by atoms with E-state index >= 15 is 0 Å². The molecule has 174 valence electrons. The van der Waals surface area contributed by atoms with Crippen molar-refractivity contribution >= 4 is 22.6 Å². The van der Waals surface area contributed by atoms with Crippen molar-refractivity contribution in [1.82, 2.24) is 0 Å². The Labute approximate surface area is 185 Å². The number of amides is 1. The SMILES string of the molecule is CO[C@@H]1[C@@H](O)[C@@H](O)[C@H](Oc2ccc3cc(NC(=O)C4CCC4)c(=O)oc3c2C)OC1(C)C. The van der Waals surface area contributed by atoms with Gasteiger partial charge < -0.3 is 34.2 Å². The molecule has 4 rings (SSSR count). The second kappa shape index (κ2) is 8.47. The summed E-state index contributed by atoms with van der Waals surface area (Å²) >= 11 is 0. The molecule has 2 fully saturated rings. The number of fused-ring (bicyclic) bond motifs is 1. The van der Waals surface area contributed by atoms with Crippen LogP contribution in [0.2, 0.25) is 0 Å². The summed E-state index contributed by atoms with van der Waals surface area (Å²) in [7, 11) is 1.44. The van der Waals surface area contributed by atoms with Crippen molar-refractivity contribution in [2.24, 2.45) is 5.92 Å². The van der Waals surface area contributed by atoms with Crippen LogP contribution in [0.5, 0.6) is 5.75 Å². The minimum atomic E-state index is -1.35. The van der Waals surface area contributed by atoms with Gasteiger partial charge in [0.05, 0.1) is 5.60 Å². The molecule has 1 amide bonds. The molecular weight excluding hydrogens is 418 g/mol. The first-order valence-corrected chi connectivity index (χ1v) is 10.7. The van der Waals surface area contributed by atoms with E-state index in [4.69, 9.17) is 18.6 Å². The predicted octanol–water partition coefficient (Wildman–Crippen LogP) is 2.09. The number of carbonyl (C=O) groups excluding carboxylic acids is 1. The molecule has 2 aliphatic rings. The molecule has 0 unspecified atom stereocenters. The highest BCUT2D eigenvalue weighted by molar-refractivity contribution is 5.95. The van der Waals surface area contributed by atoms with E-state index < -0.39 is 35.8 Å². The molecule has 1 aromatic heterocycles. The highest BCUT2D eigenvalue weighted by atomic mass is 16.7. The smallest absolute Gasteiger partial charge is 0.360 e. The lowest BCUT2D eigenvalue weighted by molar-refractivity contribution is -0.306. The molecule has 2 aromatic rings. The fourth-order valence-corrected chi connectivity index (χ4v) is 4.26. The lowest BCUT2D eigenvalue weighted by Gasteiger charge is -2.46. The largest absolute Gasteiger partial charge is 0.462 e. The van der Waals surface area contributed by atoms with Crippen molar-refractivity contribution in [1.29, 1.82) is 0 Å². The molecule has 3 N–H and O–H groups in total. The molecule has 4 atom stereocenters. The first-order chi connectivity index (χ1) is 15.1. The molecule has 1 aliphatic heterocycles. The Morgan fingerprint density at radius 1 is 1.22 bits per heavy atom. The Morgan fingerprint density at radius 3 is 2.56 bits per heavy atom. The molecule has 0 spiro atoms. The van der Waals surface area contributed by atoms with Crippen LogP contribution in [0.4, 0.5) is 5.69 Å². The summed E-state index contributed by atoms with van der Waals surface area (Å²) in [5, 5.41) is 24.2. The van der Waals surface area contributed by atoms with Gasteiger partial charge in [-0.2, -0.15) is 0 Å². The van der Waals surface area contributed by atoms with Crippen LogP contribution in [0.1, 0.15) is 38.7 Å². The minimum Gasteiger partial charge on any atom is -0.462 e. The normalized spacial score (nSPS) is 27.7. The van der Waals surface area contributed by atoms with E-state index in [0.717, 1.165) is 19.3 Å². The van der Waals surface area contributed by atoms with Crippen LogP contribution in [0, 0.1) is 12.8 Å². The quantitative estimate of drug-likeness (QED) is 0.595. The fourth-order valence-electron chi connectivity index (χ4n) is 4.26. The zero-order valence-electron chi connectivity index (χ0n) is 18.6. The van der Waals surface area contributed by atoms with E-state index in [1.165, 1.54) is 7.11 Å². The number of aliphatic hydroxyl groups excluding tert-OH is 2. The molecule has 1 aromatic carbocycles. The van der Waals surface area contributed by atoms with E-state index in [2.05, 4.69) is 5.32 Å². The van der Waals surface area contributed by atoms with Gasteiger partial charge in [0.15, 0.2) is 0 Å². The monoisotopic (exact) mass is 447 g/mol. The highest BCUT2D eigenvalue weighted by Gasteiger charge is 2.50. The van der Waals surface area contributed by atoms with Gasteiger partial charge in [0.2, 0.25) is 12.2 Å². The Balaban J connectivity index is 1.59. The summed E-state index contributed by atoms with van der Waals surface area (Å²) in [5.41, 5.74) is -0.645. The lowest BCUT2D eigenvalue weighted by atomic mass is 9.85. The van der Waals surface area contributed by atoms with Gasteiger partial charge >= 0.3 is 5.63 Å². The van der Waals surface area contributed by atoms with Crippen molar-refractivity contribution in [3.63, 3.8) is 0 Å². The van der Waals surface area contributed by atoms with Crippen LogP contribution < -0.4 is 15.7 Å². The number of rotatable bonds is 5. The third-order valence-corrected chi connectivity index (χ3v) is 6.38. The first-order valence-electron chi connectivity index (χ1n) is 10.7. The van der Waals surface area contributed by atoms with Gasteiger partial charge in [-0.3, -0.25) is 4.79 Å². The van der Waals surface area contributed by atoms with Crippen molar-refractivity contribution in [3.05, 3.63) is 34.2 Å². The number of benzene rings is 1. The van der Waals surface area contributed by atoms with Gasteiger partial charge in [0.25, 0.3) is 0 Å². The van der Waals surface area contributed by atoms with E-state index in [1.807, 2.05) is 0 Å². The van der Waals surface area contributed by atoms with Crippen molar-refractivity contribution < 1.29 is 33.6 Å². The average molecular weight is 447 g/mol. The Morgan fingerprint density at radius 2 is 1.94 bits per heavy atom. The van der Waals surface area contributed by atoms with Crippen LogP contribution in [0.25, 0.3) is 11.0 Å². The fraction of sp³-hybridized carbons (Fsp3) is 0.565. The number of anilines is 1. The predicted molar refractivity (Wildman–Crippen MR) is 116 cm³/mol. The summed E-state index contributed by atoms with van der Waals surface area (Å²) in [5.74, 6) is 0.107. The molecule has 1 saturated heterocycles. The molecule has 9 nitrogen and oxygen atoms in total. The third-order valence-electron chi connectivity index (χ3n) is 6.38. The van der Waals surface area contributed by atoms with E-state index in [1.54, 1.807) is 39.0 Å². The van der Waals surface area contributed by atoms with Crippen molar-refractivity contribution in [2.75, 3.05) is 12.4 Å². The molecule has 2 heterocycles. The topological polar surface area (TPSA) is 127 Å². The maximum Gasteiger partial charge on any atom is 0.360 e. The van der Waals surface area contributed by atoms with Gasteiger partial charge in [-0.25, -0.2) is 4.79 Å². The molecular formula is C23H29NO8. The van der Waals surface area contributed by atoms with Crippen molar-refractivity contribution in [2.45, 2.75) is 70.2 Å². The maximum absolute atomic E-state index is 12.5. The number of nitrogens with one attached hydrogen (secondary N) is 1. The average Bonchev–Trinajstić information content (AvgIpc) is 2.68. The van der Waals surface area contributed by atoms with Crippen LogP contribution in [-0.2, 0) is 14.3 Å². The van der Waals surface area contributed by atoms with E-state index in [0.29, 0.717) is 22.3 Å². The second-order valence-electron chi connectivity index (χ2n) is 9.02. The zero-order chi connectivity index (χ0) is 23.2. The summed E-state index contributed by atoms with van der Waals surface area (Å²) < 4.78 is 22.5. The van der Waals surface area contributed by atoms with Gasteiger partial charge in [0, 0.05) is 24.0 Å². The summed E-state index contributed by atoms with van der Waals surface area (Å²) in [4.78, 5) is 24.7. The molecule has 1 aliphatic carbocycles. The minimum absolute atomic E-state index is 0.0539. The number of hydrogen-bond donors (Lipinski definition) is 3. The summed E-state index contributed by atoms with van der Waals surface area (Å²) in [6, 6.07) is 4.93. The summed E-state index contributed by atoms with van der Waals surface area (Å²) in [6.07, 6.45) is -1.77. The van der Waals surface area contributed by atoms with Crippen molar-refractivity contribution in [3.8, 4) is 5.75 Å². The van der Waals surface area contributed by atoms with E-state index in [-0.39, 0.29) is 17.5 Å². The number of hydrogen-bond acceptors (Lipinski definition) is 8. The lowest BCUT2D eigenvalue weighted by Crippen LogP contribution is -2.63. The maximum atomic E-state index is 12.5. The number of carbonyl (C=O) groups is 1. The number of aryl methyl sites for hydroxylation is 1. The first kappa shape index (κ1) is 22.7. The van der Waals surface area contributed by atoms with Gasteiger partial charge in [-0.1, -0.05) is 6.42 Å². The Kier molecular flexibility index (Phi) is 6.02. The Hall–Kier alpha value is -2.46. The van der Waals surface area contributed by atoms with Crippen LogP contribution >= 0.6 is 0 Å². The van der Waals surface area contributed by atoms with Gasteiger partial charge in [-0.05, 0) is 51.8 Å². The molecule has 1 saturated carbocycles. The zero-order valence-corrected chi connectivity index (χ0v) is 18.6. The number of aliphatic hydroxyl groups is 2. The van der Waals surface area contributed by atoms with Crippen LogP contribution in [0.3, 0.4) is 0 Å². The van der Waals surface area contributed by atoms with E-state index in [9.17, 15) is 19.8 Å².